The van der Waals surface area contributed by atoms with Crippen LogP contribution in [0.2, 0.25) is 0 Å². The number of benzene rings is 3. The predicted octanol–water partition coefficient (Wildman–Crippen LogP) is 3.63. The zero-order valence-electron chi connectivity index (χ0n) is 16.9. The van der Waals surface area contributed by atoms with E-state index in [4.69, 9.17) is 4.74 Å². The lowest BCUT2D eigenvalue weighted by Gasteiger charge is -2.19. The third kappa shape index (κ3) is 5.18. The van der Waals surface area contributed by atoms with Crippen molar-refractivity contribution in [3.05, 3.63) is 90.0 Å². The number of nitrogens with one attached hydrogen (secondary N) is 1. The van der Waals surface area contributed by atoms with E-state index in [0.29, 0.717) is 24.4 Å². The Hall–Kier alpha value is -3.32. The topological polar surface area (TPSA) is 75.7 Å². The average molecular weight is 425 g/mol. The van der Waals surface area contributed by atoms with Gasteiger partial charge in [-0.1, -0.05) is 35.9 Å². The van der Waals surface area contributed by atoms with E-state index < -0.39 is 10.0 Å². The summed E-state index contributed by atoms with van der Waals surface area (Å²) in [6, 6.07) is 22.3. The lowest BCUT2D eigenvalue weighted by Crippen LogP contribution is -2.28. The quantitative estimate of drug-likeness (QED) is 0.561. The van der Waals surface area contributed by atoms with Gasteiger partial charge < -0.3 is 10.1 Å². The summed E-state index contributed by atoms with van der Waals surface area (Å²) in [6.07, 6.45) is 0. The molecule has 3 rings (SSSR count). The number of rotatable bonds is 8. The SMILES string of the molecule is Cc1ccc(OCCNC(=O)c2ccc(N(C)S(=O)(=O)c3ccccc3)cc2)cc1. The summed E-state index contributed by atoms with van der Waals surface area (Å²) in [6.45, 7) is 2.71. The zero-order valence-corrected chi connectivity index (χ0v) is 17.7. The van der Waals surface area contributed by atoms with Crippen molar-refractivity contribution in [2.45, 2.75) is 11.8 Å². The van der Waals surface area contributed by atoms with E-state index >= 15 is 0 Å². The Balaban J connectivity index is 1.55. The van der Waals surface area contributed by atoms with Crippen LogP contribution in [-0.4, -0.2) is 34.5 Å². The van der Waals surface area contributed by atoms with Crippen molar-refractivity contribution < 1.29 is 17.9 Å². The number of ether oxygens (including phenoxy) is 1. The number of aryl methyl sites for hydroxylation is 1. The Morgan fingerprint density at radius 1 is 0.933 bits per heavy atom. The number of hydrogen-bond donors (Lipinski definition) is 1. The normalized spacial score (nSPS) is 11.0. The van der Waals surface area contributed by atoms with Crippen molar-refractivity contribution in [2.75, 3.05) is 24.5 Å². The summed E-state index contributed by atoms with van der Waals surface area (Å²) in [7, 11) is -2.17. The first kappa shape index (κ1) is 21.4. The van der Waals surface area contributed by atoms with Crippen LogP contribution in [0.1, 0.15) is 15.9 Å². The van der Waals surface area contributed by atoms with E-state index in [2.05, 4.69) is 5.32 Å². The molecule has 156 valence electrons. The van der Waals surface area contributed by atoms with Gasteiger partial charge >= 0.3 is 0 Å². The molecule has 3 aromatic rings. The molecule has 0 heterocycles. The van der Waals surface area contributed by atoms with Crippen molar-refractivity contribution in [3.8, 4) is 5.75 Å². The van der Waals surface area contributed by atoms with Crippen molar-refractivity contribution in [2.24, 2.45) is 0 Å². The Kier molecular flexibility index (Phi) is 6.74. The minimum Gasteiger partial charge on any atom is -0.492 e. The molecule has 0 saturated heterocycles. The first-order valence-corrected chi connectivity index (χ1v) is 10.9. The second-order valence-electron chi connectivity index (χ2n) is 6.75. The van der Waals surface area contributed by atoms with E-state index in [-0.39, 0.29) is 10.8 Å². The minimum atomic E-state index is -3.66. The molecule has 0 saturated carbocycles. The van der Waals surface area contributed by atoms with Crippen LogP contribution < -0.4 is 14.4 Å². The minimum absolute atomic E-state index is 0.211. The van der Waals surface area contributed by atoms with Crippen LogP contribution in [0.15, 0.2) is 83.8 Å². The summed E-state index contributed by atoms with van der Waals surface area (Å²) in [5, 5.41) is 2.79. The van der Waals surface area contributed by atoms with Crippen LogP contribution in [-0.2, 0) is 10.0 Å². The van der Waals surface area contributed by atoms with Crippen LogP contribution in [0.5, 0.6) is 5.75 Å². The zero-order chi connectivity index (χ0) is 21.6. The Morgan fingerprint density at radius 3 is 2.20 bits per heavy atom. The molecular formula is C23H24N2O4S. The number of anilines is 1. The summed E-state index contributed by atoms with van der Waals surface area (Å²) in [4.78, 5) is 12.5. The van der Waals surface area contributed by atoms with E-state index in [1.165, 1.54) is 11.4 Å². The van der Waals surface area contributed by atoms with Gasteiger partial charge in [-0.25, -0.2) is 8.42 Å². The number of hydrogen-bond acceptors (Lipinski definition) is 4. The Labute approximate surface area is 177 Å². The second kappa shape index (κ2) is 9.45. The van der Waals surface area contributed by atoms with E-state index in [0.717, 1.165) is 11.3 Å². The molecule has 0 bridgehead atoms. The van der Waals surface area contributed by atoms with Crippen LogP contribution >= 0.6 is 0 Å². The molecule has 6 nitrogen and oxygen atoms in total. The van der Waals surface area contributed by atoms with Crippen LogP contribution in [0.25, 0.3) is 0 Å². The van der Waals surface area contributed by atoms with Gasteiger partial charge in [-0.05, 0) is 55.5 Å². The van der Waals surface area contributed by atoms with Gasteiger partial charge in [0.1, 0.15) is 12.4 Å². The molecule has 0 aliphatic carbocycles. The number of carbonyl (C=O) groups is 1. The van der Waals surface area contributed by atoms with E-state index in [9.17, 15) is 13.2 Å². The number of sulfonamides is 1. The van der Waals surface area contributed by atoms with Crippen LogP contribution in [0, 0.1) is 6.92 Å². The van der Waals surface area contributed by atoms with Gasteiger partial charge in [0.2, 0.25) is 0 Å². The molecule has 0 radical (unpaired) electrons. The maximum absolute atomic E-state index is 12.7. The van der Waals surface area contributed by atoms with Crippen LogP contribution in [0.4, 0.5) is 5.69 Å². The highest BCUT2D eigenvalue weighted by atomic mass is 32.2. The summed E-state index contributed by atoms with van der Waals surface area (Å²) >= 11 is 0. The van der Waals surface area contributed by atoms with E-state index in [1.807, 2.05) is 31.2 Å². The molecule has 1 amide bonds. The van der Waals surface area contributed by atoms with Crippen molar-refractivity contribution >= 4 is 21.6 Å². The number of nitrogens with zero attached hydrogens (tertiary/aromatic N) is 1. The standard InChI is InChI=1S/C23H24N2O4S/c1-18-8-14-21(15-9-18)29-17-16-24-23(26)19-10-12-20(13-11-19)25(2)30(27,28)22-6-4-3-5-7-22/h3-15H,16-17H2,1-2H3,(H,24,26). The average Bonchev–Trinajstić information content (AvgIpc) is 2.78. The Morgan fingerprint density at radius 2 is 1.57 bits per heavy atom. The molecule has 0 fully saturated rings. The maximum Gasteiger partial charge on any atom is 0.264 e. The molecule has 0 aliphatic rings. The second-order valence-corrected chi connectivity index (χ2v) is 8.72. The molecular weight excluding hydrogens is 400 g/mol. The molecule has 0 atom stereocenters. The Bertz CT molecular complexity index is 1080. The maximum atomic E-state index is 12.7. The molecule has 7 heteroatoms. The van der Waals surface area contributed by atoms with Crippen molar-refractivity contribution in [3.63, 3.8) is 0 Å². The van der Waals surface area contributed by atoms with E-state index in [1.54, 1.807) is 54.6 Å². The monoisotopic (exact) mass is 424 g/mol. The van der Waals surface area contributed by atoms with Gasteiger partial charge in [0.25, 0.3) is 15.9 Å². The smallest absolute Gasteiger partial charge is 0.264 e. The van der Waals surface area contributed by atoms with Gasteiger partial charge in [0.15, 0.2) is 0 Å². The van der Waals surface area contributed by atoms with Gasteiger partial charge in [0.05, 0.1) is 17.1 Å². The van der Waals surface area contributed by atoms with Gasteiger partial charge in [-0.3, -0.25) is 9.10 Å². The van der Waals surface area contributed by atoms with Crippen molar-refractivity contribution in [1.29, 1.82) is 0 Å². The highest BCUT2D eigenvalue weighted by Gasteiger charge is 2.21. The fourth-order valence-corrected chi connectivity index (χ4v) is 4.00. The molecule has 0 aromatic heterocycles. The molecule has 1 N–H and O–H groups in total. The number of carbonyl (C=O) groups excluding carboxylic acids is 1. The fraction of sp³-hybridized carbons (Fsp3) is 0.174. The van der Waals surface area contributed by atoms with Gasteiger partial charge in [-0.15, -0.1) is 0 Å². The first-order valence-electron chi connectivity index (χ1n) is 9.49. The van der Waals surface area contributed by atoms with Gasteiger partial charge in [0, 0.05) is 12.6 Å². The predicted molar refractivity (Wildman–Crippen MR) is 117 cm³/mol. The molecule has 0 spiro atoms. The summed E-state index contributed by atoms with van der Waals surface area (Å²) in [5.74, 6) is 0.504. The molecule has 0 aliphatic heterocycles. The lowest BCUT2D eigenvalue weighted by atomic mass is 10.2. The summed E-state index contributed by atoms with van der Waals surface area (Å²) in [5.41, 5.74) is 2.07. The third-order valence-electron chi connectivity index (χ3n) is 4.57. The fourth-order valence-electron chi connectivity index (χ4n) is 2.78. The first-order chi connectivity index (χ1) is 14.4. The number of amides is 1. The third-order valence-corrected chi connectivity index (χ3v) is 6.37. The molecule has 30 heavy (non-hydrogen) atoms. The molecule has 0 unspecified atom stereocenters. The van der Waals surface area contributed by atoms with Crippen molar-refractivity contribution in [1.82, 2.24) is 5.32 Å². The van der Waals surface area contributed by atoms with Gasteiger partial charge in [-0.2, -0.15) is 0 Å². The van der Waals surface area contributed by atoms with Crippen LogP contribution in [0.3, 0.4) is 0 Å². The molecule has 3 aromatic carbocycles. The largest absolute Gasteiger partial charge is 0.492 e. The summed E-state index contributed by atoms with van der Waals surface area (Å²) < 4.78 is 32.2. The highest BCUT2D eigenvalue weighted by Crippen LogP contribution is 2.22. The highest BCUT2D eigenvalue weighted by molar-refractivity contribution is 7.92. The lowest BCUT2D eigenvalue weighted by molar-refractivity contribution is 0.0947.